The van der Waals surface area contributed by atoms with Crippen LogP contribution in [0, 0.1) is 17.8 Å². The maximum Gasteiger partial charge on any atom is 0.237 e. The Labute approximate surface area is 136 Å². The molecule has 1 aromatic carbocycles. The van der Waals surface area contributed by atoms with Gasteiger partial charge in [-0.2, -0.15) is 0 Å². The van der Waals surface area contributed by atoms with Crippen molar-refractivity contribution in [2.24, 2.45) is 23.5 Å². The van der Waals surface area contributed by atoms with E-state index in [1.807, 2.05) is 0 Å². The molecule has 1 aromatic rings. The van der Waals surface area contributed by atoms with Gasteiger partial charge in [-0.1, -0.05) is 35.1 Å². The number of halogens is 1. The Hall–Kier alpha value is -1.27. The first-order chi connectivity index (χ1) is 9.90. The summed E-state index contributed by atoms with van der Waals surface area (Å²) in [7, 11) is 0. The highest BCUT2D eigenvalue weighted by atomic mass is 79.9. The van der Waals surface area contributed by atoms with Crippen LogP contribution in [0.1, 0.15) is 25.3 Å². The van der Waals surface area contributed by atoms with Gasteiger partial charge < -0.3 is 5.73 Å². The fourth-order valence-electron chi connectivity index (χ4n) is 3.41. The number of imide groups is 1. The molecule has 2 fully saturated rings. The van der Waals surface area contributed by atoms with Gasteiger partial charge in [-0.25, -0.2) is 4.90 Å². The van der Waals surface area contributed by atoms with E-state index in [1.165, 1.54) is 4.90 Å². The lowest BCUT2D eigenvalue weighted by Gasteiger charge is -2.20. The number of amides is 2. The van der Waals surface area contributed by atoms with E-state index in [1.54, 1.807) is 18.2 Å². The van der Waals surface area contributed by atoms with Crippen molar-refractivity contribution in [2.75, 3.05) is 4.90 Å². The van der Waals surface area contributed by atoms with Crippen LogP contribution in [0.25, 0.3) is 0 Å². The predicted molar refractivity (Wildman–Crippen MR) is 87.9 cm³/mol. The molecule has 110 valence electrons. The average molecular weight is 367 g/mol. The Kier molecular flexibility index (Phi) is 3.61. The van der Waals surface area contributed by atoms with Crippen molar-refractivity contribution in [1.29, 1.82) is 0 Å². The smallest absolute Gasteiger partial charge is 0.237 e. The third-order valence-electron chi connectivity index (χ3n) is 4.34. The van der Waals surface area contributed by atoms with Crippen molar-refractivity contribution in [1.82, 2.24) is 0 Å². The molecule has 1 aliphatic heterocycles. The second-order valence-electron chi connectivity index (χ2n) is 5.83. The van der Waals surface area contributed by atoms with Gasteiger partial charge in [0.15, 0.2) is 0 Å². The molecule has 3 rings (SSSR count). The van der Waals surface area contributed by atoms with E-state index in [4.69, 9.17) is 18.0 Å². The molecule has 6 heteroatoms. The van der Waals surface area contributed by atoms with Gasteiger partial charge in [-0.3, -0.25) is 9.59 Å². The third-order valence-corrected chi connectivity index (χ3v) is 5.05. The maximum absolute atomic E-state index is 12.6. The van der Waals surface area contributed by atoms with Crippen LogP contribution in [0.3, 0.4) is 0 Å². The van der Waals surface area contributed by atoms with Crippen LogP contribution in [-0.2, 0) is 9.59 Å². The van der Waals surface area contributed by atoms with Crippen molar-refractivity contribution in [3.8, 4) is 0 Å². The normalized spacial score (nSPS) is 28.1. The van der Waals surface area contributed by atoms with Crippen LogP contribution in [-0.4, -0.2) is 16.8 Å². The van der Waals surface area contributed by atoms with Gasteiger partial charge >= 0.3 is 0 Å². The molecular formula is C15H15BrN2O2S. The highest BCUT2D eigenvalue weighted by Crippen LogP contribution is 2.45. The van der Waals surface area contributed by atoms with Crippen LogP contribution < -0.4 is 10.6 Å². The number of carbonyl (C=O) groups excluding carboxylic acids is 2. The van der Waals surface area contributed by atoms with E-state index in [0.717, 1.165) is 17.3 Å². The van der Waals surface area contributed by atoms with Gasteiger partial charge in [0.1, 0.15) is 4.99 Å². The van der Waals surface area contributed by atoms with E-state index >= 15 is 0 Å². The molecule has 1 saturated heterocycles. The van der Waals surface area contributed by atoms with Crippen molar-refractivity contribution < 1.29 is 9.59 Å². The summed E-state index contributed by atoms with van der Waals surface area (Å²) in [5, 5.41) is 0. The van der Waals surface area contributed by atoms with E-state index in [9.17, 15) is 9.59 Å². The van der Waals surface area contributed by atoms with Crippen molar-refractivity contribution in [3.63, 3.8) is 0 Å². The molecule has 2 atom stereocenters. The van der Waals surface area contributed by atoms with Gasteiger partial charge in [0.05, 0.1) is 17.5 Å². The van der Waals surface area contributed by atoms with Crippen molar-refractivity contribution in [2.45, 2.75) is 19.8 Å². The molecule has 1 saturated carbocycles. The largest absolute Gasteiger partial charge is 0.389 e. The summed E-state index contributed by atoms with van der Waals surface area (Å²) in [6, 6.07) is 5.26. The third kappa shape index (κ3) is 2.30. The second-order valence-corrected chi connectivity index (χ2v) is 7.18. The van der Waals surface area contributed by atoms with E-state index in [0.29, 0.717) is 17.2 Å². The number of anilines is 1. The maximum atomic E-state index is 12.6. The zero-order valence-corrected chi connectivity index (χ0v) is 13.9. The molecule has 2 N–H and O–H groups in total. The van der Waals surface area contributed by atoms with Crippen molar-refractivity contribution >= 4 is 50.6 Å². The van der Waals surface area contributed by atoms with Gasteiger partial charge in [0.2, 0.25) is 11.8 Å². The molecule has 4 nitrogen and oxygen atoms in total. The highest BCUT2D eigenvalue weighted by Gasteiger charge is 2.52. The minimum atomic E-state index is -0.189. The molecule has 0 bridgehead atoms. The molecule has 0 aromatic heterocycles. The quantitative estimate of drug-likeness (QED) is 0.645. The van der Waals surface area contributed by atoms with Crippen LogP contribution >= 0.6 is 28.1 Å². The Morgan fingerprint density at radius 3 is 2.38 bits per heavy atom. The minimum absolute atomic E-state index is 0.120. The monoisotopic (exact) mass is 366 g/mol. The fourth-order valence-corrected chi connectivity index (χ4v) is 3.94. The van der Waals surface area contributed by atoms with Crippen LogP contribution in [0.5, 0.6) is 0 Å². The zero-order valence-electron chi connectivity index (χ0n) is 11.5. The Morgan fingerprint density at radius 1 is 1.29 bits per heavy atom. The number of hydrogen-bond acceptors (Lipinski definition) is 3. The Morgan fingerprint density at radius 2 is 1.86 bits per heavy atom. The molecule has 2 unspecified atom stereocenters. The summed E-state index contributed by atoms with van der Waals surface area (Å²) in [5.41, 5.74) is 6.78. The average Bonchev–Trinajstić information content (AvgIpc) is 2.89. The summed E-state index contributed by atoms with van der Waals surface area (Å²) in [5.74, 6) is -0.195. The number of rotatable bonds is 2. The van der Waals surface area contributed by atoms with Gasteiger partial charge in [-0.05, 0) is 37.0 Å². The minimum Gasteiger partial charge on any atom is -0.389 e. The van der Waals surface area contributed by atoms with E-state index in [-0.39, 0.29) is 28.6 Å². The van der Waals surface area contributed by atoms with Gasteiger partial charge in [0.25, 0.3) is 0 Å². The summed E-state index contributed by atoms with van der Waals surface area (Å²) >= 11 is 8.41. The fraction of sp³-hybridized carbons (Fsp3) is 0.400. The first kappa shape index (κ1) is 14.7. The number of benzene rings is 1. The molecule has 0 radical (unpaired) electrons. The van der Waals surface area contributed by atoms with Gasteiger partial charge in [-0.15, -0.1) is 0 Å². The first-order valence-corrected chi connectivity index (χ1v) is 8.07. The van der Waals surface area contributed by atoms with Crippen molar-refractivity contribution in [3.05, 3.63) is 28.2 Å². The number of fused-ring (bicyclic) bond motifs is 1. The molecule has 0 spiro atoms. The standard InChI is InChI=1S/C15H15BrN2O2S/c1-7-4-10-11(5-7)15(20)18(14(10)19)12-6-8(16)2-3-9(12)13(17)21/h2-3,6-7,10-11H,4-5H2,1H3,(H2,17,21). The molecular weight excluding hydrogens is 352 g/mol. The zero-order chi connectivity index (χ0) is 15.3. The molecule has 2 aliphatic rings. The van der Waals surface area contributed by atoms with E-state index in [2.05, 4.69) is 22.9 Å². The summed E-state index contributed by atoms with van der Waals surface area (Å²) in [4.78, 5) is 26.7. The molecule has 21 heavy (non-hydrogen) atoms. The first-order valence-electron chi connectivity index (χ1n) is 6.87. The van der Waals surface area contributed by atoms with Gasteiger partial charge in [0, 0.05) is 10.0 Å². The lowest BCUT2D eigenvalue weighted by Crippen LogP contribution is -2.34. The number of hydrogen-bond donors (Lipinski definition) is 1. The molecule has 2 amide bonds. The molecule has 1 heterocycles. The Balaban J connectivity index is 2.06. The SMILES string of the molecule is CC1CC2C(=O)N(c3cc(Br)ccc3C(N)=S)C(=O)C2C1. The number of nitrogens with two attached hydrogens (primary N) is 1. The lowest BCUT2D eigenvalue weighted by atomic mass is 10.00. The number of nitrogens with zero attached hydrogens (tertiary/aromatic N) is 1. The number of carbonyl (C=O) groups is 2. The van der Waals surface area contributed by atoms with E-state index < -0.39 is 0 Å². The summed E-state index contributed by atoms with van der Waals surface area (Å²) < 4.78 is 0.781. The summed E-state index contributed by atoms with van der Waals surface area (Å²) in [6.45, 7) is 2.09. The number of thiocarbonyl (C=S) groups is 1. The van der Waals surface area contributed by atoms with Crippen LogP contribution in [0.4, 0.5) is 5.69 Å². The van der Waals surface area contributed by atoms with Crippen LogP contribution in [0.2, 0.25) is 0 Å². The second kappa shape index (κ2) is 5.18. The topological polar surface area (TPSA) is 63.4 Å². The lowest BCUT2D eigenvalue weighted by molar-refractivity contribution is -0.123. The predicted octanol–water partition coefficient (Wildman–Crippen LogP) is 2.62. The Bertz CT molecular complexity index is 637. The highest BCUT2D eigenvalue weighted by molar-refractivity contribution is 9.10. The summed E-state index contributed by atoms with van der Waals surface area (Å²) in [6.07, 6.45) is 1.56. The van der Waals surface area contributed by atoms with Crippen LogP contribution in [0.15, 0.2) is 22.7 Å². The molecule has 1 aliphatic carbocycles.